The summed E-state index contributed by atoms with van der Waals surface area (Å²) in [7, 11) is 0. The fourth-order valence-electron chi connectivity index (χ4n) is 2.98. The maximum atomic E-state index is 13.2. The van der Waals surface area contributed by atoms with Crippen LogP contribution in [0.25, 0.3) is 0 Å². The average Bonchev–Trinajstić information content (AvgIpc) is 2.73. The number of aryl methyl sites for hydroxylation is 2. The lowest BCUT2D eigenvalue weighted by atomic mass is 10.1. The van der Waals surface area contributed by atoms with Gasteiger partial charge in [-0.2, -0.15) is 0 Å². The summed E-state index contributed by atoms with van der Waals surface area (Å²) in [6.07, 6.45) is 0.794. The van der Waals surface area contributed by atoms with Gasteiger partial charge in [-0.25, -0.2) is 4.39 Å². The van der Waals surface area contributed by atoms with Crippen LogP contribution in [0.2, 0.25) is 5.02 Å². The molecule has 0 unspecified atom stereocenters. The number of benzene rings is 2. The molecule has 0 saturated carbocycles. The van der Waals surface area contributed by atoms with Gasteiger partial charge in [0.05, 0.1) is 0 Å². The SMILES string of the molecule is CCCNC(=O)[C@H](C)N(Cc1ccc(F)cc1)C(=O)COc1cc(C)c(Cl)c(C)c1. The number of ether oxygens (including phenoxy) is 1. The van der Waals surface area contributed by atoms with Crippen LogP contribution in [0.5, 0.6) is 5.75 Å². The number of rotatable bonds is 9. The molecule has 1 N–H and O–H groups in total. The third-order valence-electron chi connectivity index (χ3n) is 4.75. The Hall–Kier alpha value is -2.60. The first kappa shape index (κ1) is 23.7. The lowest BCUT2D eigenvalue weighted by molar-refractivity contribution is -0.142. The molecular weight excluding hydrogens is 407 g/mol. The number of amides is 2. The summed E-state index contributed by atoms with van der Waals surface area (Å²) in [5, 5.41) is 3.47. The Balaban J connectivity index is 2.16. The molecule has 0 bridgehead atoms. The van der Waals surface area contributed by atoms with E-state index in [0.717, 1.165) is 23.1 Å². The molecule has 0 aliphatic rings. The molecule has 0 fully saturated rings. The Morgan fingerprint density at radius 2 is 1.77 bits per heavy atom. The number of nitrogens with one attached hydrogen (secondary N) is 1. The third-order valence-corrected chi connectivity index (χ3v) is 5.35. The van der Waals surface area contributed by atoms with E-state index in [0.29, 0.717) is 17.3 Å². The average molecular weight is 435 g/mol. The van der Waals surface area contributed by atoms with Crippen molar-refractivity contribution in [2.24, 2.45) is 0 Å². The lowest BCUT2D eigenvalue weighted by Crippen LogP contribution is -2.49. The summed E-state index contributed by atoms with van der Waals surface area (Å²) in [5.41, 5.74) is 2.43. The van der Waals surface area contributed by atoms with E-state index >= 15 is 0 Å². The van der Waals surface area contributed by atoms with Gasteiger partial charge >= 0.3 is 0 Å². The van der Waals surface area contributed by atoms with E-state index in [1.54, 1.807) is 31.2 Å². The third kappa shape index (κ3) is 6.46. The zero-order valence-corrected chi connectivity index (χ0v) is 18.6. The van der Waals surface area contributed by atoms with Crippen molar-refractivity contribution in [3.05, 3.63) is 63.9 Å². The summed E-state index contributed by atoms with van der Waals surface area (Å²) >= 11 is 6.18. The number of halogens is 2. The molecule has 0 aliphatic heterocycles. The van der Waals surface area contributed by atoms with E-state index in [-0.39, 0.29) is 30.8 Å². The van der Waals surface area contributed by atoms with E-state index in [9.17, 15) is 14.0 Å². The maximum Gasteiger partial charge on any atom is 0.261 e. The number of hydrogen-bond donors (Lipinski definition) is 1. The first-order chi connectivity index (χ1) is 14.2. The number of nitrogens with zero attached hydrogens (tertiary/aromatic N) is 1. The van der Waals surface area contributed by atoms with Crippen LogP contribution in [-0.2, 0) is 16.1 Å². The van der Waals surface area contributed by atoms with Crippen molar-refractivity contribution < 1.29 is 18.7 Å². The first-order valence-electron chi connectivity index (χ1n) is 9.94. The van der Waals surface area contributed by atoms with Crippen molar-refractivity contribution in [1.29, 1.82) is 0 Å². The summed E-state index contributed by atoms with van der Waals surface area (Å²) in [4.78, 5) is 26.9. The van der Waals surface area contributed by atoms with Crippen molar-refractivity contribution in [1.82, 2.24) is 10.2 Å². The van der Waals surface area contributed by atoms with Crippen molar-refractivity contribution in [2.75, 3.05) is 13.2 Å². The molecule has 0 aliphatic carbocycles. The Morgan fingerprint density at radius 1 is 1.17 bits per heavy atom. The van der Waals surface area contributed by atoms with Crippen LogP contribution in [0.15, 0.2) is 36.4 Å². The van der Waals surface area contributed by atoms with Gasteiger partial charge in [0.25, 0.3) is 5.91 Å². The standard InChI is InChI=1S/C23H28ClFN2O3/c1-5-10-26-23(29)17(4)27(13-18-6-8-19(25)9-7-18)21(28)14-30-20-11-15(2)22(24)16(3)12-20/h6-9,11-12,17H,5,10,13-14H2,1-4H3,(H,26,29)/t17-/m0/s1. The topological polar surface area (TPSA) is 58.6 Å². The van der Waals surface area contributed by atoms with Crippen molar-refractivity contribution in [2.45, 2.75) is 46.7 Å². The predicted octanol–water partition coefficient (Wildman–Crippen LogP) is 4.42. The fourth-order valence-corrected chi connectivity index (χ4v) is 3.09. The molecule has 0 aromatic heterocycles. The van der Waals surface area contributed by atoms with Crippen molar-refractivity contribution in [3.63, 3.8) is 0 Å². The number of hydrogen-bond acceptors (Lipinski definition) is 3. The van der Waals surface area contributed by atoms with Gasteiger partial charge in [0.15, 0.2) is 6.61 Å². The zero-order chi connectivity index (χ0) is 22.3. The van der Waals surface area contributed by atoms with E-state index < -0.39 is 6.04 Å². The summed E-state index contributed by atoms with van der Waals surface area (Å²) in [6, 6.07) is 8.68. The van der Waals surface area contributed by atoms with Crippen LogP contribution in [0.1, 0.15) is 37.0 Å². The Labute approximate surface area is 182 Å². The fraction of sp³-hybridized carbons (Fsp3) is 0.391. The minimum atomic E-state index is -0.702. The summed E-state index contributed by atoms with van der Waals surface area (Å²) in [5.74, 6) is -0.413. The Bertz CT molecular complexity index is 864. The van der Waals surface area contributed by atoms with Gasteiger partial charge in [0.2, 0.25) is 5.91 Å². The van der Waals surface area contributed by atoms with Gasteiger partial charge in [0, 0.05) is 18.1 Å². The van der Waals surface area contributed by atoms with Gasteiger partial charge in [-0.05, 0) is 68.1 Å². The highest BCUT2D eigenvalue weighted by Crippen LogP contribution is 2.26. The lowest BCUT2D eigenvalue weighted by Gasteiger charge is -2.28. The van der Waals surface area contributed by atoms with Gasteiger partial charge in [-0.3, -0.25) is 9.59 Å². The molecule has 5 nitrogen and oxygen atoms in total. The molecule has 0 spiro atoms. The van der Waals surface area contributed by atoms with Crippen molar-refractivity contribution in [3.8, 4) is 5.75 Å². The van der Waals surface area contributed by atoms with Crippen LogP contribution in [0.3, 0.4) is 0 Å². The van der Waals surface area contributed by atoms with Crippen LogP contribution in [0.4, 0.5) is 4.39 Å². The molecule has 2 aromatic carbocycles. The molecule has 1 atom stereocenters. The van der Waals surface area contributed by atoms with E-state index in [1.165, 1.54) is 17.0 Å². The molecule has 7 heteroatoms. The summed E-state index contributed by atoms with van der Waals surface area (Å²) < 4.78 is 18.9. The second-order valence-corrected chi connectivity index (χ2v) is 7.65. The normalized spacial score (nSPS) is 11.7. The van der Waals surface area contributed by atoms with Gasteiger partial charge < -0.3 is 15.0 Å². The molecule has 162 valence electrons. The molecule has 2 rings (SSSR count). The maximum absolute atomic E-state index is 13.2. The largest absolute Gasteiger partial charge is 0.484 e. The number of carbonyl (C=O) groups excluding carboxylic acids is 2. The highest BCUT2D eigenvalue weighted by Gasteiger charge is 2.26. The highest BCUT2D eigenvalue weighted by molar-refractivity contribution is 6.32. The van der Waals surface area contributed by atoms with Gasteiger partial charge in [0.1, 0.15) is 17.6 Å². The second kappa shape index (κ2) is 11.0. The van der Waals surface area contributed by atoms with Crippen molar-refractivity contribution >= 4 is 23.4 Å². The van der Waals surface area contributed by atoms with E-state index in [4.69, 9.17) is 16.3 Å². The zero-order valence-electron chi connectivity index (χ0n) is 17.8. The van der Waals surface area contributed by atoms with Crippen LogP contribution < -0.4 is 10.1 Å². The minimum Gasteiger partial charge on any atom is -0.484 e. The monoisotopic (exact) mass is 434 g/mol. The molecule has 0 saturated heterocycles. The van der Waals surface area contributed by atoms with Gasteiger partial charge in [-0.1, -0.05) is 30.7 Å². The van der Waals surface area contributed by atoms with E-state index in [2.05, 4.69) is 5.32 Å². The second-order valence-electron chi connectivity index (χ2n) is 7.27. The first-order valence-corrected chi connectivity index (χ1v) is 10.3. The molecular formula is C23H28ClFN2O3. The Kier molecular flexibility index (Phi) is 8.66. The van der Waals surface area contributed by atoms with Crippen LogP contribution in [-0.4, -0.2) is 35.9 Å². The predicted molar refractivity (Wildman–Crippen MR) is 116 cm³/mol. The molecule has 0 heterocycles. The molecule has 0 radical (unpaired) electrons. The quantitative estimate of drug-likeness (QED) is 0.635. The van der Waals surface area contributed by atoms with Crippen LogP contribution >= 0.6 is 11.6 Å². The smallest absolute Gasteiger partial charge is 0.261 e. The minimum absolute atomic E-state index is 0.169. The van der Waals surface area contributed by atoms with Crippen LogP contribution in [0, 0.1) is 19.7 Å². The number of carbonyl (C=O) groups is 2. The summed E-state index contributed by atoms with van der Waals surface area (Å²) in [6.45, 7) is 7.83. The van der Waals surface area contributed by atoms with E-state index in [1.807, 2.05) is 20.8 Å². The van der Waals surface area contributed by atoms with Gasteiger partial charge in [-0.15, -0.1) is 0 Å². The molecule has 2 aromatic rings. The Morgan fingerprint density at radius 3 is 2.33 bits per heavy atom. The highest BCUT2D eigenvalue weighted by atomic mass is 35.5. The molecule has 30 heavy (non-hydrogen) atoms. The molecule has 2 amide bonds.